The normalized spacial score (nSPS) is 11.9. The molecule has 6 heteroatoms. The van der Waals surface area contributed by atoms with Crippen molar-refractivity contribution in [3.8, 4) is 0 Å². The molecule has 118 valence electrons. The third kappa shape index (κ3) is 3.58. The summed E-state index contributed by atoms with van der Waals surface area (Å²) < 4.78 is 24.6. The van der Waals surface area contributed by atoms with Gasteiger partial charge in [-0.3, -0.25) is 8.51 Å². The van der Waals surface area contributed by atoms with Crippen LogP contribution >= 0.6 is 0 Å². The van der Waals surface area contributed by atoms with E-state index < -0.39 is 11.3 Å². The van der Waals surface area contributed by atoms with Gasteiger partial charge in [0.25, 0.3) is 0 Å². The van der Waals surface area contributed by atoms with Gasteiger partial charge in [-0.05, 0) is 48.5 Å². The number of nitrogens with zero attached hydrogens (tertiary/aromatic N) is 3. The molecule has 5 nitrogen and oxygen atoms in total. The van der Waals surface area contributed by atoms with Crippen molar-refractivity contribution in [1.82, 2.24) is 0 Å². The predicted molar refractivity (Wildman–Crippen MR) is 92.6 cm³/mol. The van der Waals surface area contributed by atoms with Crippen LogP contribution in [-0.4, -0.2) is 37.0 Å². The molecule has 0 saturated carbocycles. The summed E-state index contributed by atoms with van der Waals surface area (Å²) in [6.45, 7) is 0. The molecule has 0 aliphatic heterocycles. The van der Waals surface area contributed by atoms with Crippen molar-refractivity contribution in [2.45, 2.75) is 0 Å². The van der Waals surface area contributed by atoms with Crippen molar-refractivity contribution in [2.75, 3.05) is 42.3 Å². The zero-order chi connectivity index (χ0) is 16.3. The van der Waals surface area contributed by atoms with Crippen molar-refractivity contribution in [3.05, 3.63) is 48.5 Å². The van der Waals surface area contributed by atoms with Crippen molar-refractivity contribution in [1.29, 1.82) is 0 Å². The van der Waals surface area contributed by atoms with Crippen LogP contribution in [-0.2, 0) is 11.3 Å². The fourth-order valence-electron chi connectivity index (χ4n) is 2.09. The molecule has 0 aliphatic rings. The fourth-order valence-corrected chi connectivity index (χ4v) is 2.68. The number of hydrogen-bond donors (Lipinski definition) is 0. The molecule has 2 aromatic rings. The Labute approximate surface area is 134 Å². The molecule has 1 unspecified atom stereocenters. The molecular formula is C16H20N3O2S-. The average Bonchev–Trinajstić information content (AvgIpc) is 2.48. The molecule has 0 radical (unpaired) electrons. The quantitative estimate of drug-likeness (QED) is 0.796. The first kappa shape index (κ1) is 16.3. The maximum absolute atomic E-state index is 11.6. The molecule has 22 heavy (non-hydrogen) atoms. The van der Waals surface area contributed by atoms with Gasteiger partial charge in [-0.1, -0.05) is 0 Å². The number of anilines is 4. The Morgan fingerprint density at radius 1 is 0.682 bits per heavy atom. The summed E-state index contributed by atoms with van der Waals surface area (Å²) in [5.74, 6) is 0. The molecule has 0 N–H and O–H groups in total. The number of benzene rings is 2. The first-order valence-electron chi connectivity index (χ1n) is 6.84. The van der Waals surface area contributed by atoms with Crippen LogP contribution in [0.4, 0.5) is 22.7 Å². The van der Waals surface area contributed by atoms with E-state index in [9.17, 15) is 8.76 Å². The lowest BCUT2D eigenvalue weighted by molar-refractivity contribution is 0.537. The molecule has 0 fully saturated rings. The smallest absolute Gasteiger partial charge is 0.0539 e. The SMILES string of the molecule is CN(C)c1ccc(N(c2ccc(N(C)C)cc2)S(=O)[O-])cc1. The molecule has 0 bridgehead atoms. The second kappa shape index (κ2) is 6.81. The maximum Gasteiger partial charge on any atom is 0.0539 e. The Balaban J connectivity index is 2.35. The Morgan fingerprint density at radius 2 is 0.955 bits per heavy atom. The number of hydrogen-bond acceptors (Lipinski definition) is 4. The monoisotopic (exact) mass is 318 g/mol. The lowest BCUT2D eigenvalue weighted by Crippen LogP contribution is -2.20. The standard InChI is InChI=1S/C16H21N3O2S/c1-17(2)13-5-9-15(10-6-13)19(22(20)21)16-11-7-14(8-12-16)18(3)4/h5-12H,1-4H3,(H,20,21)/p-1. The van der Waals surface area contributed by atoms with Crippen LogP contribution < -0.4 is 14.1 Å². The highest BCUT2D eigenvalue weighted by Crippen LogP contribution is 2.29. The van der Waals surface area contributed by atoms with E-state index in [-0.39, 0.29) is 0 Å². The van der Waals surface area contributed by atoms with E-state index in [1.165, 1.54) is 4.31 Å². The van der Waals surface area contributed by atoms with E-state index in [4.69, 9.17) is 0 Å². The lowest BCUT2D eigenvalue weighted by Gasteiger charge is -2.27. The van der Waals surface area contributed by atoms with Crippen molar-refractivity contribution < 1.29 is 8.76 Å². The van der Waals surface area contributed by atoms with Gasteiger partial charge in [-0.2, -0.15) is 0 Å². The van der Waals surface area contributed by atoms with Crippen molar-refractivity contribution >= 4 is 34.0 Å². The van der Waals surface area contributed by atoms with Crippen LogP contribution in [0.25, 0.3) is 0 Å². The van der Waals surface area contributed by atoms with Gasteiger partial charge in [0.2, 0.25) is 0 Å². The highest BCUT2D eigenvalue weighted by Gasteiger charge is 2.11. The third-order valence-electron chi connectivity index (χ3n) is 3.35. The minimum Gasteiger partial charge on any atom is -0.755 e. The largest absolute Gasteiger partial charge is 0.755 e. The van der Waals surface area contributed by atoms with Gasteiger partial charge in [-0.25, -0.2) is 0 Å². The van der Waals surface area contributed by atoms with Crippen LogP contribution in [0.1, 0.15) is 0 Å². The molecular weight excluding hydrogens is 298 g/mol. The number of rotatable bonds is 5. The van der Waals surface area contributed by atoms with E-state index in [0.717, 1.165) is 11.4 Å². The third-order valence-corrected chi connectivity index (χ3v) is 4.07. The highest BCUT2D eigenvalue weighted by molar-refractivity contribution is 7.81. The van der Waals surface area contributed by atoms with E-state index in [2.05, 4.69) is 0 Å². The molecule has 0 saturated heterocycles. The van der Waals surface area contributed by atoms with E-state index in [0.29, 0.717) is 11.4 Å². The minimum absolute atomic E-state index is 0.608. The van der Waals surface area contributed by atoms with Gasteiger partial charge < -0.3 is 14.4 Å². The average molecular weight is 318 g/mol. The van der Waals surface area contributed by atoms with E-state index >= 15 is 0 Å². The van der Waals surface area contributed by atoms with E-state index in [1.807, 2.05) is 62.3 Å². The van der Waals surface area contributed by atoms with Crippen LogP contribution in [0.3, 0.4) is 0 Å². The van der Waals surface area contributed by atoms with Crippen LogP contribution in [0.2, 0.25) is 0 Å². The van der Waals surface area contributed by atoms with Gasteiger partial charge in [0, 0.05) is 39.6 Å². The van der Waals surface area contributed by atoms with E-state index in [1.54, 1.807) is 24.3 Å². The highest BCUT2D eigenvalue weighted by atomic mass is 32.2. The minimum atomic E-state index is -2.38. The molecule has 2 aromatic carbocycles. The molecule has 1 atom stereocenters. The first-order chi connectivity index (χ1) is 10.4. The summed E-state index contributed by atoms with van der Waals surface area (Å²) in [5.41, 5.74) is 3.25. The van der Waals surface area contributed by atoms with Crippen molar-refractivity contribution in [3.63, 3.8) is 0 Å². The van der Waals surface area contributed by atoms with Gasteiger partial charge >= 0.3 is 0 Å². The van der Waals surface area contributed by atoms with Gasteiger partial charge in [0.1, 0.15) is 0 Å². The first-order valence-corrected chi connectivity index (χ1v) is 7.87. The van der Waals surface area contributed by atoms with Gasteiger partial charge in [0.05, 0.1) is 22.6 Å². The zero-order valence-corrected chi connectivity index (χ0v) is 14.0. The summed E-state index contributed by atoms with van der Waals surface area (Å²) in [6, 6.07) is 14.8. The Kier molecular flexibility index (Phi) is 5.05. The molecule has 0 aliphatic carbocycles. The summed E-state index contributed by atoms with van der Waals surface area (Å²) in [5, 5.41) is 0. The summed E-state index contributed by atoms with van der Waals surface area (Å²) in [6.07, 6.45) is 0. The fraction of sp³-hybridized carbons (Fsp3) is 0.250. The Hall–Kier alpha value is -2.05. The molecule has 0 spiro atoms. The second-order valence-corrected chi connectivity index (χ2v) is 6.13. The van der Waals surface area contributed by atoms with Crippen molar-refractivity contribution in [2.24, 2.45) is 0 Å². The molecule has 0 heterocycles. The summed E-state index contributed by atoms with van der Waals surface area (Å²) in [4.78, 5) is 3.93. The Bertz CT molecular complexity index is 588. The van der Waals surface area contributed by atoms with Crippen LogP contribution in [0.15, 0.2) is 48.5 Å². The Morgan fingerprint density at radius 3 is 1.18 bits per heavy atom. The molecule has 2 rings (SSSR count). The van der Waals surface area contributed by atoms with Crippen LogP contribution in [0, 0.1) is 0 Å². The van der Waals surface area contributed by atoms with Gasteiger partial charge in [0.15, 0.2) is 0 Å². The van der Waals surface area contributed by atoms with Crippen LogP contribution in [0.5, 0.6) is 0 Å². The summed E-state index contributed by atoms with van der Waals surface area (Å²) >= 11 is -2.38. The summed E-state index contributed by atoms with van der Waals surface area (Å²) in [7, 11) is 7.77. The molecule has 0 amide bonds. The zero-order valence-electron chi connectivity index (χ0n) is 13.2. The maximum atomic E-state index is 11.6. The lowest BCUT2D eigenvalue weighted by atomic mass is 10.2. The second-order valence-electron chi connectivity index (χ2n) is 5.33. The van der Waals surface area contributed by atoms with Gasteiger partial charge in [-0.15, -0.1) is 0 Å². The topological polar surface area (TPSA) is 49.8 Å². The molecule has 0 aromatic heterocycles. The predicted octanol–water partition coefficient (Wildman–Crippen LogP) is 2.75.